The first kappa shape index (κ1) is 8.44. The van der Waals surface area contributed by atoms with Crippen LogP contribution in [0.25, 0.3) is 0 Å². The largest absolute Gasteiger partial charge is 0.327 e. The van der Waals surface area contributed by atoms with E-state index >= 15 is 0 Å². The van der Waals surface area contributed by atoms with E-state index in [1.807, 2.05) is 6.08 Å². The Kier molecular flexibility index (Phi) is 5.23. The second-order valence-corrected chi connectivity index (χ2v) is 2.01. The predicted octanol–water partition coefficient (Wildman–Crippen LogP) is 1.86. The summed E-state index contributed by atoms with van der Waals surface area (Å²) >= 11 is 0. The molecule has 0 aromatic rings. The highest BCUT2D eigenvalue weighted by molar-refractivity contribution is 5.11. The van der Waals surface area contributed by atoms with Crippen LogP contribution in [0.2, 0.25) is 0 Å². The number of allylic oxidation sites excluding steroid dienone is 2. The highest BCUT2D eigenvalue weighted by Crippen LogP contribution is 2.01. The van der Waals surface area contributed by atoms with E-state index in [1.54, 1.807) is 6.08 Å². The van der Waals surface area contributed by atoms with Crippen molar-refractivity contribution in [3.63, 3.8) is 0 Å². The molecule has 1 heteroatoms. The Balaban J connectivity index is 3.66. The summed E-state index contributed by atoms with van der Waals surface area (Å²) < 4.78 is 0. The molecule has 0 aliphatic carbocycles. The van der Waals surface area contributed by atoms with E-state index in [0.717, 1.165) is 12.8 Å². The van der Waals surface area contributed by atoms with Crippen molar-refractivity contribution in [2.24, 2.45) is 5.73 Å². The molecule has 0 fully saturated rings. The number of rotatable bonds is 4. The van der Waals surface area contributed by atoms with E-state index in [4.69, 9.17) is 5.73 Å². The van der Waals surface area contributed by atoms with E-state index < -0.39 is 0 Å². The second kappa shape index (κ2) is 5.57. The normalized spacial score (nSPS) is 11.6. The van der Waals surface area contributed by atoms with Gasteiger partial charge in [0.25, 0.3) is 0 Å². The number of nitrogens with two attached hydrogens (primary N) is 1. The summed E-state index contributed by atoms with van der Waals surface area (Å²) in [5.41, 5.74) is 6.71. The van der Waals surface area contributed by atoms with Crippen molar-refractivity contribution in [1.29, 1.82) is 0 Å². The third kappa shape index (κ3) is 3.98. The lowest BCUT2D eigenvalue weighted by molar-refractivity contribution is 0.875. The summed E-state index contributed by atoms with van der Waals surface area (Å²) in [7, 11) is 0. The molecule has 0 aliphatic heterocycles. The summed E-state index contributed by atoms with van der Waals surface area (Å²) in [5.74, 6) is 0. The summed E-state index contributed by atoms with van der Waals surface area (Å²) in [5, 5.41) is 0. The van der Waals surface area contributed by atoms with Gasteiger partial charge in [-0.3, -0.25) is 0 Å². The van der Waals surface area contributed by atoms with Gasteiger partial charge >= 0.3 is 0 Å². The monoisotopic (exact) mass is 125 g/mol. The number of hydrogen-bond acceptors (Lipinski definition) is 1. The van der Waals surface area contributed by atoms with E-state index in [1.165, 1.54) is 5.57 Å². The SMILES string of the molecule is C=CC=C(CN)CCC. The van der Waals surface area contributed by atoms with E-state index in [9.17, 15) is 0 Å². The van der Waals surface area contributed by atoms with Crippen LogP contribution >= 0.6 is 0 Å². The molecule has 0 aromatic heterocycles. The van der Waals surface area contributed by atoms with Crippen molar-refractivity contribution in [3.05, 3.63) is 24.3 Å². The Morgan fingerprint density at radius 1 is 1.67 bits per heavy atom. The van der Waals surface area contributed by atoms with Gasteiger partial charge in [0.05, 0.1) is 0 Å². The molecule has 2 N–H and O–H groups in total. The molecular formula is C8H15N. The molecule has 1 nitrogen and oxygen atoms in total. The molecule has 0 amide bonds. The van der Waals surface area contributed by atoms with Crippen molar-refractivity contribution in [1.82, 2.24) is 0 Å². The van der Waals surface area contributed by atoms with Gasteiger partial charge in [-0.05, 0) is 6.42 Å². The zero-order valence-electron chi connectivity index (χ0n) is 6.06. The number of hydrogen-bond donors (Lipinski definition) is 1. The third-order valence-corrected chi connectivity index (χ3v) is 1.19. The Morgan fingerprint density at radius 3 is 2.67 bits per heavy atom. The lowest BCUT2D eigenvalue weighted by Crippen LogP contribution is -2.02. The molecule has 52 valence electrons. The Bertz CT molecular complexity index is 103. The van der Waals surface area contributed by atoms with Crippen LogP contribution in [0.15, 0.2) is 24.3 Å². The highest BCUT2D eigenvalue weighted by Gasteiger charge is 1.87. The summed E-state index contributed by atoms with van der Waals surface area (Å²) in [6.07, 6.45) is 6.04. The smallest absolute Gasteiger partial charge is 0.0139 e. The second-order valence-electron chi connectivity index (χ2n) is 2.01. The molecule has 0 aliphatic rings. The minimum Gasteiger partial charge on any atom is -0.327 e. The first-order chi connectivity index (χ1) is 4.35. The van der Waals surface area contributed by atoms with Crippen molar-refractivity contribution >= 4 is 0 Å². The molecule has 9 heavy (non-hydrogen) atoms. The topological polar surface area (TPSA) is 26.0 Å². The zero-order chi connectivity index (χ0) is 7.11. The van der Waals surface area contributed by atoms with Crippen LogP contribution in [0.1, 0.15) is 19.8 Å². The van der Waals surface area contributed by atoms with E-state index in [-0.39, 0.29) is 0 Å². The predicted molar refractivity (Wildman–Crippen MR) is 42.2 cm³/mol. The molecule has 0 heterocycles. The fourth-order valence-corrected chi connectivity index (χ4v) is 0.741. The highest BCUT2D eigenvalue weighted by atomic mass is 14.5. The van der Waals surface area contributed by atoms with Crippen LogP contribution in [0, 0.1) is 0 Å². The van der Waals surface area contributed by atoms with Crippen molar-refractivity contribution in [2.75, 3.05) is 6.54 Å². The molecule has 0 saturated heterocycles. The van der Waals surface area contributed by atoms with Crippen LogP contribution in [0.5, 0.6) is 0 Å². The molecule has 0 spiro atoms. The van der Waals surface area contributed by atoms with Gasteiger partial charge in [-0.15, -0.1) is 0 Å². The molecular weight excluding hydrogens is 110 g/mol. The average Bonchev–Trinajstić information content (AvgIpc) is 1.88. The molecule has 0 atom stereocenters. The molecule has 0 rings (SSSR count). The molecule has 0 aromatic carbocycles. The first-order valence-electron chi connectivity index (χ1n) is 3.35. The molecule has 0 radical (unpaired) electrons. The minimum atomic E-state index is 0.667. The standard InChI is InChI=1S/C8H15N/c1-3-5-8(7-9)6-4-2/h3,5H,1,4,6-7,9H2,2H3. The Hall–Kier alpha value is -0.560. The van der Waals surface area contributed by atoms with Gasteiger partial charge in [-0.1, -0.05) is 37.6 Å². The maximum absolute atomic E-state index is 5.43. The fourth-order valence-electron chi connectivity index (χ4n) is 0.741. The van der Waals surface area contributed by atoms with Crippen LogP contribution < -0.4 is 5.73 Å². The maximum Gasteiger partial charge on any atom is 0.0139 e. The first-order valence-corrected chi connectivity index (χ1v) is 3.35. The quantitative estimate of drug-likeness (QED) is 0.570. The van der Waals surface area contributed by atoms with E-state index in [2.05, 4.69) is 13.5 Å². The van der Waals surface area contributed by atoms with Gasteiger partial charge in [0.2, 0.25) is 0 Å². The van der Waals surface area contributed by atoms with Crippen LogP contribution in [0.4, 0.5) is 0 Å². The van der Waals surface area contributed by atoms with Gasteiger partial charge in [-0.25, -0.2) is 0 Å². The molecule has 0 unspecified atom stereocenters. The fraction of sp³-hybridized carbons (Fsp3) is 0.500. The average molecular weight is 125 g/mol. The summed E-state index contributed by atoms with van der Waals surface area (Å²) in [6.45, 7) is 6.41. The van der Waals surface area contributed by atoms with Gasteiger partial charge in [-0.2, -0.15) is 0 Å². The van der Waals surface area contributed by atoms with E-state index in [0.29, 0.717) is 6.54 Å². The van der Waals surface area contributed by atoms with Gasteiger partial charge in [0.15, 0.2) is 0 Å². The van der Waals surface area contributed by atoms with Crippen LogP contribution in [-0.2, 0) is 0 Å². The maximum atomic E-state index is 5.43. The summed E-state index contributed by atoms with van der Waals surface area (Å²) in [4.78, 5) is 0. The summed E-state index contributed by atoms with van der Waals surface area (Å²) in [6, 6.07) is 0. The van der Waals surface area contributed by atoms with Crippen LogP contribution in [0.3, 0.4) is 0 Å². The van der Waals surface area contributed by atoms with Crippen molar-refractivity contribution in [2.45, 2.75) is 19.8 Å². The van der Waals surface area contributed by atoms with Gasteiger partial charge in [0, 0.05) is 6.54 Å². The van der Waals surface area contributed by atoms with Crippen molar-refractivity contribution in [3.8, 4) is 0 Å². The van der Waals surface area contributed by atoms with Gasteiger partial charge in [0.1, 0.15) is 0 Å². The lowest BCUT2D eigenvalue weighted by atomic mass is 10.1. The third-order valence-electron chi connectivity index (χ3n) is 1.19. The minimum absolute atomic E-state index is 0.667. The van der Waals surface area contributed by atoms with Crippen LogP contribution in [-0.4, -0.2) is 6.54 Å². The zero-order valence-corrected chi connectivity index (χ0v) is 6.06. The van der Waals surface area contributed by atoms with Gasteiger partial charge < -0.3 is 5.73 Å². The Labute approximate surface area is 57.3 Å². The molecule has 0 saturated carbocycles. The Morgan fingerprint density at radius 2 is 2.33 bits per heavy atom. The molecule has 0 bridgehead atoms. The van der Waals surface area contributed by atoms with Crippen molar-refractivity contribution < 1.29 is 0 Å². The lowest BCUT2D eigenvalue weighted by Gasteiger charge is -1.97.